The van der Waals surface area contributed by atoms with Gasteiger partial charge in [0.25, 0.3) is 0 Å². The van der Waals surface area contributed by atoms with Crippen molar-refractivity contribution in [2.24, 2.45) is 0 Å². The van der Waals surface area contributed by atoms with Crippen LogP contribution in [-0.2, 0) is 17.8 Å². The van der Waals surface area contributed by atoms with E-state index in [1.54, 1.807) is 0 Å². The second-order valence-corrected chi connectivity index (χ2v) is 14.4. The first-order valence-electron chi connectivity index (χ1n) is 15.2. The first kappa shape index (κ1) is 29.8. The number of hydrogen-bond donors (Lipinski definition) is 0. The Kier molecular flexibility index (Phi) is 11.4. The van der Waals surface area contributed by atoms with Crippen molar-refractivity contribution in [2.75, 3.05) is 19.4 Å². The normalized spacial score (nSPS) is 11.3. The van der Waals surface area contributed by atoms with E-state index in [-0.39, 0.29) is 0 Å². The summed E-state index contributed by atoms with van der Waals surface area (Å²) >= 11 is 0. The Labute approximate surface area is 252 Å². The first-order valence-corrected chi connectivity index (χ1v) is 17.2. The van der Waals surface area contributed by atoms with Crippen LogP contribution < -0.4 is 20.7 Å². The van der Waals surface area contributed by atoms with Gasteiger partial charge in [-0.2, -0.15) is 0 Å². The van der Waals surface area contributed by atoms with Gasteiger partial charge in [0, 0.05) is 6.61 Å². The van der Waals surface area contributed by atoms with E-state index in [0.717, 1.165) is 31.8 Å². The lowest BCUT2D eigenvalue weighted by Crippen LogP contribution is -2.33. The van der Waals surface area contributed by atoms with E-state index in [0.29, 0.717) is 6.61 Å². The fourth-order valence-electron chi connectivity index (χ4n) is 5.57. The maximum Gasteiger partial charge on any atom is 0.119 e. The average molecular weight is 574 g/mol. The Morgan fingerprint density at radius 3 is 1.48 bits per heavy atom. The van der Waals surface area contributed by atoms with E-state index in [1.807, 2.05) is 18.2 Å². The number of rotatable bonds is 16. The Balaban J connectivity index is 1.06. The Morgan fingerprint density at radius 1 is 0.429 bits per heavy atom. The molecule has 2 nitrogen and oxygen atoms in total. The van der Waals surface area contributed by atoms with Gasteiger partial charge >= 0.3 is 0 Å². The van der Waals surface area contributed by atoms with Crippen LogP contribution >= 0.6 is 7.26 Å². The zero-order valence-corrected chi connectivity index (χ0v) is 25.4. The van der Waals surface area contributed by atoms with Crippen molar-refractivity contribution in [1.82, 2.24) is 0 Å². The molecule has 0 spiro atoms. The van der Waals surface area contributed by atoms with Gasteiger partial charge in [-0.05, 0) is 85.3 Å². The van der Waals surface area contributed by atoms with E-state index < -0.39 is 7.26 Å². The molecule has 0 fully saturated rings. The predicted octanol–water partition coefficient (Wildman–Crippen LogP) is 8.38. The fourth-order valence-corrected chi connectivity index (χ4v) is 9.98. The quantitative estimate of drug-likeness (QED) is 0.0872. The van der Waals surface area contributed by atoms with Gasteiger partial charge in [0.05, 0.1) is 12.8 Å². The second kappa shape index (κ2) is 16.1. The van der Waals surface area contributed by atoms with Crippen LogP contribution in [0.1, 0.15) is 36.8 Å². The molecule has 5 aromatic rings. The van der Waals surface area contributed by atoms with Gasteiger partial charge in [-0.25, -0.2) is 0 Å². The van der Waals surface area contributed by atoms with Crippen LogP contribution in [0.15, 0.2) is 146 Å². The summed E-state index contributed by atoms with van der Waals surface area (Å²) in [4.78, 5) is 0. The first-order chi connectivity index (χ1) is 20.8. The van der Waals surface area contributed by atoms with Gasteiger partial charge in [0.15, 0.2) is 0 Å². The van der Waals surface area contributed by atoms with Crippen molar-refractivity contribution < 1.29 is 9.47 Å². The molecule has 5 rings (SSSR count). The summed E-state index contributed by atoms with van der Waals surface area (Å²) < 4.78 is 11.9. The van der Waals surface area contributed by atoms with Crippen LogP contribution in [0.5, 0.6) is 5.75 Å². The molecule has 0 radical (unpaired) electrons. The van der Waals surface area contributed by atoms with Crippen molar-refractivity contribution in [2.45, 2.75) is 38.7 Å². The molecule has 42 heavy (non-hydrogen) atoms. The molecule has 0 amide bonds. The lowest BCUT2D eigenvalue weighted by Gasteiger charge is -2.27. The van der Waals surface area contributed by atoms with Crippen LogP contribution in [0.3, 0.4) is 0 Å². The molecule has 0 bridgehead atoms. The van der Waals surface area contributed by atoms with Crippen LogP contribution in [0.25, 0.3) is 0 Å². The highest BCUT2D eigenvalue weighted by Crippen LogP contribution is 2.56. The minimum absolute atomic E-state index is 0.594. The van der Waals surface area contributed by atoms with E-state index in [2.05, 4.69) is 127 Å². The summed E-state index contributed by atoms with van der Waals surface area (Å²) in [6.45, 7) is 2.18. The highest BCUT2D eigenvalue weighted by Gasteiger charge is 2.44. The van der Waals surface area contributed by atoms with E-state index in [1.165, 1.54) is 52.5 Å². The standard InChI is InChI=1S/C39H42O2P/c1(15-30-40-31-29-34-25-27-36(28-26-34)41-33-35-17-7-3-8-18-35)2-16-32-42(37-19-9-4-10-20-37,38-21-11-5-12-22-38)39-23-13-6-14-24-39/h3-14,17-28H,1-2,15-16,29-33H2/q+1. The summed E-state index contributed by atoms with van der Waals surface area (Å²) in [5.74, 6) is 0.904. The summed E-state index contributed by atoms with van der Waals surface area (Å²) in [5.41, 5.74) is 2.46. The Morgan fingerprint density at radius 2 is 0.929 bits per heavy atom. The Bertz CT molecular complexity index is 1330. The number of ether oxygens (including phenoxy) is 2. The smallest absolute Gasteiger partial charge is 0.119 e. The highest BCUT2D eigenvalue weighted by molar-refractivity contribution is 7.95. The minimum Gasteiger partial charge on any atom is -0.489 e. The molecule has 0 aliphatic carbocycles. The van der Waals surface area contributed by atoms with Crippen molar-refractivity contribution in [1.29, 1.82) is 0 Å². The molecule has 0 unspecified atom stereocenters. The third-order valence-corrected chi connectivity index (χ3v) is 12.4. The summed E-state index contributed by atoms with van der Waals surface area (Å²) in [5, 5.41) is 4.42. The van der Waals surface area contributed by atoms with Crippen LogP contribution in [-0.4, -0.2) is 19.4 Å². The Hall–Kier alpha value is -3.71. The summed E-state index contributed by atoms with van der Waals surface area (Å²) in [6.07, 6.45) is 6.87. The van der Waals surface area contributed by atoms with E-state index in [4.69, 9.17) is 9.47 Å². The van der Waals surface area contributed by atoms with Gasteiger partial charge < -0.3 is 9.47 Å². The maximum atomic E-state index is 6.00. The SMILES string of the molecule is c1ccc(COc2ccc(CCOCCCCCC[P+](c3ccccc3)(c3ccccc3)c3ccccc3)cc2)cc1. The second-order valence-electron chi connectivity index (χ2n) is 10.7. The average Bonchev–Trinajstić information content (AvgIpc) is 3.07. The van der Waals surface area contributed by atoms with Crippen molar-refractivity contribution >= 4 is 23.2 Å². The molecular formula is C39H42O2P+. The van der Waals surface area contributed by atoms with Gasteiger partial charge in [-0.15, -0.1) is 0 Å². The lowest BCUT2D eigenvalue weighted by molar-refractivity contribution is 0.133. The van der Waals surface area contributed by atoms with Gasteiger partial charge in [-0.3, -0.25) is 0 Å². The van der Waals surface area contributed by atoms with Crippen LogP contribution in [0.2, 0.25) is 0 Å². The van der Waals surface area contributed by atoms with Gasteiger partial charge in [0.1, 0.15) is 35.5 Å². The van der Waals surface area contributed by atoms with Crippen molar-refractivity contribution in [3.8, 4) is 5.75 Å². The minimum atomic E-state index is -1.72. The molecule has 0 aliphatic rings. The van der Waals surface area contributed by atoms with Gasteiger partial charge in [-0.1, -0.05) is 103 Å². The monoisotopic (exact) mass is 573 g/mol. The molecular weight excluding hydrogens is 531 g/mol. The molecule has 214 valence electrons. The highest BCUT2D eigenvalue weighted by atomic mass is 31.2. The molecule has 0 saturated heterocycles. The lowest BCUT2D eigenvalue weighted by atomic mass is 10.1. The zero-order valence-electron chi connectivity index (χ0n) is 24.5. The molecule has 5 aromatic carbocycles. The molecule has 0 N–H and O–H groups in total. The van der Waals surface area contributed by atoms with E-state index >= 15 is 0 Å². The molecule has 0 aliphatic heterocycles. The van der Waals surface area contributed by atoms with Gasteiger partial charge in [0.2, 0.25) is 0 Å². The number of benzene rings is 5. The number of hydrogen-bond acceptors (Lipinski definition) is 2. The van der Waals surface area contributed by atoms with Crippen LogP contribution in [0.4, 0.5) is 0 Å². The molecule has 0 heterocycles. The molecule has 0 atom stereocenters. The largest absolute Gasteiger partial charge is 0.489 e. The third kappa shape index (κ3) is 8.19. The summed E-state index contributed by atoms with van der Waals surface area (Å²) in [7, 11) is -1.72. The van der Waals surface area contributed by atoms with Crippen molar-refractivity contribution in [3.63, 3.8) is 0 Å². The summed E-state index contributed by atoms with van der Waals surface area (Å²) in [6, 6.07) is 52.3. The van der Waals surface area contributed by atoms with Crippen LogP contribution in [0, 0.1) is 0 Å². The topological polar surface area (TPSA) is 18.5 Å². The molecule has 3 heteroatoms. The number of unbranched alkanes of at least 4 members (excludes halogenated alkanes) is 3. The van der Waals surface area contributed by atoms with E-state index in [9.17, 15) is 0 Å². The zero-order chi connectivity index (χ0) is 28.7. The van der Waals surface area contributed by atoms with Crippen molar-refractivity contribution in [3.05, 3.63) is 157 Å². The third-order valence-electron chi connectivity index (χ3n) is 7.83. The maximum absolute atomic E-state index is 6.00. The molecule has 0 aromatic heterocycles. The predicted molar refractivity (Wildman–Crippen MR) is 180 cm³/mol. The fraction of sp³-hybridized carbons (Fsp3) is 0.231. The molecule has 0 saturated carbocycles.